The number of nitrogens with one attached hydrogen (secondary N) is 3. The summed E-state index contributed by atoms with van der Waals surface area (Å²) in [6.07, 6.45) is 3.55. The Morgan fingerprint density at radius 2 is 1.51 bits per heavy atom. The molecule has 2 heterocycles. The van der Waals surface area contributed by atoms with Gasteiger partial charge in [-0.1, -0.05) is 49.6 Å². The molecule has 1 saturated heterocycles. The van der Waals surface area contributed by atoms with Crippen molar-refractivity contribution >= 4 is 23.3 Å². The number of nitrogens with zero attached hydrogens (tertiary/aromatic N) is 4. The van der Waals surface area contributed by atoms with Crippen molar-refractivity contribution in [2.75, 3.05) is 60.1 Å². The fraction of sp³-hybridized carbons (Fsp3) is 0.500. The van der Waals surface area contributed by atoms with E-state index in [-0.39, 0.29) is 0 Å². The van der Waals surface area contributed by atoms with Crippen LogP contribution in [0.15, 0.2) is 54.6 Å². The van der Waals surface area contributed by atoms with E-state index in [2.05, 4.69) is 55.1 Å². The zero-order chi connectivity index (χ0) is 30.1. The second-order valence-corrected chi connectivity index (χ2v) is 11.5. The van der Waals surface area contributed by atoms with Gasteiger partial charge in [0.1, 0.15) is 11.6 Å². The molecule has 0 bridgehead atoms. The summed E-state index contributed by atoms with van der Waals surface area (Å²) in [4.78, 5) is 13.1. The van der Waals surface area contributed by atoms with Gasteiger partial charge in [0.05, 0.1) is 5.56 Å². The second-order valence-electron chi connectivity index (χ2n) is 11.5. The van der Waals surface area contributed by atoms with Crippen molar-refractivity contribution in [3.8, 4) is 0 Å². The van der Waals surface area contributed by atoms with Crippen molar-refractivity contribution in [1.29, 1.82) is 0 Å². The molecule has 5 N–H and O–H groups in total. The van der Waals surface area contributed by atoms with Gasteiger partial charge in [-0.15, -0.1) is 0 Å². The Bertz CT molecular complexity index is 1290. The summed E-state index contributed by atoms with van der Waals surface area (Å²) in [5.74, 6) is 1.51. The quantitative estimate of drug-likeness (QED) is 0.206. The monoisotopic (exact) mass is 596 g/mol. The maximum Gasteiger partial charge on any atom is 0.416 e. The van der Waals surface area contributed by atoms with Gasteiger partial charge in [0.2, 0.25) is 5.95 Å². The molecule has 2 aliphatic rings. The van der Waals surface area contributed by atoms with Crippen molar-refractivity contribution in [2.24, 2.45) is 0 Å². The lowest BCUT2D eigenvalue weighted by atomic mass is 9.95. The standard InChI is InChI=1S/C32H43F3N8/c33-32(34,35)26-6-4-9-28(20-26)42-16-18-43(19-17-42)30-21-29(36)40-31(41-30)39-23-25-12-10-24(11-13-25)22-37-14-5-15-38-27-7-2-1-3-8-27/h4,6,9-13,20-21,27,37-38H,1-3,5,7-8,14-19,22-23H2,(H3,36,39,40,41). The van der Waals surface area contributed by atoms with E-state index in [4.69, 9.17) is 5.73 Å². The van der Waals surface area contributed by atoms with Gasteiger partial charge in [0.25, 0.3) is 0 Å². The number of alkyl halides is 3. The molecular formula is C32H43F3N8. The minimum absolute atomic E-state index is 0.364. The molecule has 1 aliphatic heterocycles. The lowest BCUT2D eigenvalue weighted by molar-refractivity contribution is -0.137. The van der Waals surface area contributed by atoms with E-state index >= 15 is 0 Å². The van der Waals surface area contributed by atoms with E-state index in [1.54, 1.807) is 12.1 Å². The van der Waals surface area contributed by atoms with Gasteiger partial charge >= 0.3 is 6.18 Å². The number of benzene rings is 2. The van der Waals surface area contributed by atoms with Crippen molar-refractivity contribution in [2.45, 2.75) is 63.8 Å². The molecule has 0 spiro atoms. The molecule has 43 heavy (non-hydrogen) atoms. The predicted octanol–water partition coefficient (Wildman–Crippen LogP) is 5.42. The number of hydrogen-bond acceptors (Lipinski definition) is 8. The summed E-state index contributed by atoms with van der Waals surface area (Å²) in [7, 11) is 0. The first-order valence-corrected chi connectivity index (χ1v) is 15.4. The van der Waals surface area contributed by atoms with Crippen molar-refractivity contribution in [3.05, 3.63) is 71.3 Å². The minimum Gasteiger partial charge on any atom is -0.383 e. The van der Waals surface area contributed by atoms with E-state index in [9.17, 15) is 13.2 Å². The topological polar surface area (TPSA) is 94.4 Å². The number of rotatable bonds is 12. The number of nitrogens with two attached hydrogens (primary N) is 1. The molecule has 1 saturated carbocycles. The Kier molecular flexibility index (Phi) is 10.6. The molecule has 2 aromatic carbocycles. The first-order valence-electron chi connectivity index (χ1n) is 15.4. The molecular weight excluding hydrogens is 553 g/mol. The number of nitrogen functional groups attached to an aromatic ring is 1. The number of halogens is 3. The maximum absolute atomic E-state index is 13.1. The lowest BCUT2D eigenvalue weighted by Gasteiger charge is -2.37. The molecule has 5 rings (SSSR count). The minimum atomic E-state index is -4.36. The summed E-state index contributed by atoms with van der Waals surface area (Å²) < 4.78 is 39.4. The van der Waals surface area contributed by atoms with Crippen LogP contribution in [-0.4, -0.2) is 55.3 Å². The Labute approximate surface area is 252 Å². The Morgan fingerprint density at radius 3 is 2.23 bits per heavy atom. The van der Waals surface area contributed by atoms with Crippen molar-refractivity contribution in [1.82, 2.24) is 20.6 Å². The molecule has 11 heteroatoms. The average molecular weight is 597 g/mol. The van der Waals surface area contributed by atoms with Gasteiger partial charge in [0, 0.05) is 57.1 Å². The average Bonchev–Trinajstić information content (AvgIpc) is 3.02. The van der Waals surface area contributed by atoms with Crippen LogP contribution in [-0.2, 0) is 19.3 Å². The third-order valence-electron chi connectivity index (χ3n) is 8.25. The van der Waals surface area contributed by atoms with E-state index in [0.717, 1.165) is 43.7 Å². The van der Waals surface area contributed by atoms with Gasteiger partial charge in [-0.2, -0.15) is 23.1 Å². The molecule has 0 atom stereocenters. The lowest BCUT2D eigenvalue weighted by Crippen LogP contribution is -2.47. The van der Waals surface area contributed by atoms with Gasteiger partial charge in [0.15, 0.2) is 0 Å². The van der Waals surface area contributed by atoms with Crippen LogP contribution in [0.4, 0.5) is 36.4 Å². The van der Waals surface area contributed by atoms with Crippen molar-refractivity contribution in [3.63, 3.8) is 0 Å². The molecule has 0 amide bonds. The summed E-state index contributed by atoms with van der Waals surface area (Å²) in [6, 6.07) is 16.4. The van der Waals surface area contributed by atoms with Gasteiger partial charge in [-0.05, 0) is 61.7 Å². The molecule has 8 nitrogen and oxygen atoms in total. The Balaban J connectivity index is 1.05. The summed E-state index contributed by atoms with van der Waals surface area (Å²) in [5.41, 5.74) is 8.40. The fourth-order valence-corrected chi connectivity index (χ4v) is 5.78. The molecule has 232 valence electrons. The number of anilines is 4. The van der Waals surface area contributed by atoms with E-state index in [1.165, 1.54) is 49.8 Å². The first-order chi connectivity index (χ1) is 20.8. The van der Waals surface area contributed by atoms with Gasteiger partial charge in [-0.25, -0.2) is 0 Å². The highest BCUT2D eigenvalue weighted by Gasteiger charge is 2.31. The number of aromatic nitrogens is 2. The summed E-state index contributed by atoms with van der Waals surface area (Å²) in [5, 5.41) is 10.5. The zero-order valence-electron chi connectivity index (χ0n) is 24.7. The van der Waals surface area contributed by atoms with E-state index in [0.29, 0.717) is 56.0 Å². The smallest absolute Gasteiger partial charge is 0.383 e. The van der Waals surface area contributed by atoms with Crippen molar-refractivity contribution < 1.29 is 13.2 Å². The number of hydrogen-bond donors (Lipinski definition) is 4. The zero-order valence-corrected chi connectivity index (χ0v) is 24.7. The van der Waals surface area contributed by atoms with Crippen LogP contribution >= 0.6 is 0 Å². The normalized spacial score (nSPS) is 16.4. The predicted molar refractivity (Wildman–Crippen MR) is 167 cm³/mol. The largest absolute Gasteiger partial charge is 0.416 e. The molecule has 0 unspecified atom stereocenters. The highest BCUT2D eigenvalue weighted by atomic mass is 19.4. The molecule has 1 aromatic heterocycles. The molecule has 0 radical (unpaired) electrons. The summed E-state index contributed by atoms with van der Waals surface area (Å²) in [6.45, 7) is 5.85. The first kappa shape index (κ1) is 30.9. The summed E-state index contributed by atoms with van der Waals surface area (Å²) >= 11 is 0. The van der Waals surface area contributed by atoms with Crippen LogP contribution in [0.5, 0.6) is 0 Å². The van der Waals surface area contributed by atoms with Crippen LogP contribution in [0.1, 0.15) is 55.2 Å². The van der Waals surface area contributed by atoms with E-state index in [1.807, 2.05) is 4.90 Å². The van der Waals surface area contributed by atoms with Crippen LogP contribution in [0.3, 0.4) is 0 Å². The van der Waals surface area contributed by atoms with Gasteiger partial charge < -0.3 is 31.5 Å². The molecule has 1 aliphatic carbocycles. The fourth-order valence-electron chi connectivity index (χ4n) is 5.78. The van der Waals surface area contributed by atoms with E-state index < -0.39 is 11.7 Å². The third-order valence-corrected chi connectivity index (χ3v) is 8.25. The SMILES string of the molecule is Nc1cc(N2CCN(c3cccc(C(F)(F)F)c3)CC2)nc(NCc2ccc(CNCCCNC3CCCCC3)cc2)n1. The highest BCUT2D eigenvalue weighted by Crippen LogP contribution is 2.32. The third kappa shape index (κ3) is 9.21. The Morgan fingerprint density at radius 1 is 0.814 bits per heavy atom. The van der Waals surface area contributed by atoms with Crippen LogP contribution in [0.2, 0.25) is 0 Å². The second kappa shape index (κ2) is 14.7. The number of piperazine rings is 1. The van der Waals surface area contributed by atoms with Crippen LogP contribution in [0.25, 0.3) is 0 Å². The molecule has 2 fully saturated rings. The van der Waals surface area contributed by atoms with Crippen LogP contribution < -0.4 is 31.5 Å². The van der Waals surface area contributed by atoms with Gasteiger partial charge in [-0.3, -0.25) is 0 Å². The Hall–Kier alpha value is -3.57. The molecule has 3 aromatic rings. The maximum atomic E-state index is 13.1. The highest BCUT2D eigenvalue weighted by molar-refractivity contribution is 5.55. The van der Waals surface area contributed by atoms with Crippen LogP contribution in [0, 0.1) is 0 Å².